The summed E-state index contributed by atoms with van der Waals surface area (Å²) in [5.74, 6) is -0.610. The first kappa shape index (κ1) is 23.9. The molecular weight excluding hydrogens is 436 g/mol. The number of ether oxygens (including phenoxy) is 2. The molecule has 0 saturated carbocycles. The summed E-state index contributed by atoms with van der Waals surface area (Å²) < 4.78 is 11.2. The minimum atomic E-state index is -1.05. The molecule has 1 saturated heterocycles. The average molecular weight is 467 g/mol. The molecule has 0 aliphatic carbocycles. The maximum atomic E-state index is 13.6. The van der Waals surface area contributed by atoms with E-state index >= 15 is 0 Å². The first-order valence-corrected chi connectivity index (χ1v) is 11.5. The minimum Gasteiger partial charge on any atom is -0.497 e. The molecule has 3 amide bonds. The van der Waals surface area contributed by atoms with Gasteiger partial charge in [-0.05, 0) is 42.2 Å². The zero-order valence-electron chi connectivity index (χ0n) is 19.6. The maximum absolute atomic E-state index is 13.6. The van der Waals surface area contributed by atoms with Gasteiger partial charge in [0.2, 0.25) is 5.91 Å². The van der Waals surface area contributed by atoms with E-state index in [0.29, 0.717) is 24.2 Å². The zero-order valence-corrected chi connectivity index (χ0v) is 19.6. The number of nitrogens with zero attached hydrogens (tertiary/aromatic N) is 2. The van der Waals surface area contributed by atoms with Crippen LogP contribution in [0.3, 0.4) is 0 Å². The highest BCUT2D eigenvalue weighted by Crippen LogP contribution is 2.30. The molecule has 0 bridgehead atoms. The molecule has 0 radical (unpaired) electrons. The number of methoxy groups -OCH3 is 1. The molecule has 1 fully saturated rings. The third-order valence-electron chi connectivity index (χ3n) is 6.25. The van der Waals surface area contributed by atoms with Gasteiger partial charge in [0, 0.05) is 13.0 Å². The summed E-state index contributed by atoms with van der Waals surface area (Å²) in [4.78, 5) is 42.0. The van der Waals surface area contributed by atoms with E-state index in [0.717, 1.165) is 16.2 Å². The Morgan fingerprint density at radius 3 is 2.38 bits per heavy atom. The van der Waals surface area contributed by atoms with E-state index in [1.165, 1.54) is 4.90 Å². The van der Waals surface area contributed by atoms with E-state index in [-0.39, 0.29) is 25.0 Å². The van der Waals surface area contributed by atoms with Crippen LogP contribution >= 0.6 is 0 Å². The smallest absolute Gasteiger partial charge is 0.262 e. The topological polar surface area (TPSA) is 96.4 Å². The molecule has 4 rings (SSSR count). The van der Waals surface area contributed by atoms with Gasteiger partial charge in [-0.25, -0.2) is 0 Å². The molecule has 3 atom stereocenters. The number of benzene rings is 2. The molecule has 2 unspecified atom stereocenters. The van der Waals surface area contributed by atoms with Crippen LogP contribution in [0.1, 0.15) is 53.0 Å². The van der Waals surface area contributed by atoms with Crippen LogP contribution in [0.25, 0.3) is 0 Å². The summed E-state index contributed by atoms with van der Waals surface area (Å²) in [5, 5.41) is 10.7. The number of likely N-dealkylation sites (tertiary alicyclic amines) is 1. The number of amides is 3. The highest BCUT2D eigenvalue weighted by Gasteiger charge is 2.46. The molecule has 8 nitrogen and oxygen atoms in total. The van der Waals surface area contributed by atoms with Crippen LogP contribution in [-0.4, -0.2) is 64.7 Å². The van der Waals surface area contributed by atoms with Crippen LogP contribution in [0, 0.1) is 5.92 Å². The average Bonchev–Trinajstić information content (AvgIpc) is 3.32. The lowest BCUT2D eigenvalue weighted by Gasteiger charge is -2.31. The Kier molecular flexibility index (Phi) is 7.00. The number of carbonyl (C=O) groups excluding carboxylic acids is 3. The molecule has 0 spiro atoms. The Bertz CT molecular complexity index is 1050. The molecule has 2 aromatic carbocycles. The number of carbonyl (C=O) groups is 3. The summed E-state index contributed by atoms with van der Waals surface area (Å²) in [6.45, 7) is 4.35. The summed E-state index contributed by atoms with van der Waals surface area (Å²) in [5.41, 5.74) is 1.52. The molecule has 2 aliphatic rings. The lowest BCUT2D eigenvalue weighted by molar-refractivity contribution is -0.143. The van der Waals surface area contributed by atoms with Crippen molar-refractivity contribution in [2.75, 3.05) is 13.7 Å². The predicted molar refractivity (Wildman–Crippen MR) is 124 cm³/mol. The van der Waals surface area contributed by atoms with Gasteiger partial charge < -0.3 is 19.5 Å². The van der Waals surface area contributed by atoms with Crippen molar-refractivity contribution < 1.29 is 29.0 Å². The van der Waals surface area contributed by atoms with Crippen LogP contribution in [0.5, 0.6) is 5.75 Å². The van der Waals surface area contributed by atoms with Crippen molar-refractivity contribution in [3.05, 3.63) is 65.2 Å². The van der Waals surface area contributed by atoms with Crippen LogP contribution in [0.15, 0.2) is 48.5 Å². The molecule has 34 heavy (non-hydrogen) atoms. The number of imide groups is 1. The second kappa shape index (κ2) is 9.95. The Morgan fingerprint density at radius 2 is 1.76 bits per heavy atom. The van der Waals surface area contributed by atoms with Crippen molar-refractivity contribution in [1.29, 1.82) is 0 Å². The number of aliphatic hydroxyl groups excluding tert-OH is 1. The standard InChI is InChI=1S/C26H30N2O6/c1-16(2)11-22(28-24(30)20-9-4-5-10-21(20)25(28)31)26(32)27-14-19(13-23(27)29)34-15-17-7-6-8-18(12-17)33-3/h4-10,12,16,19,22-23,29H,11,13-15H2,1-3H3/t19?,22-,23?/m0/s1. The fourth-order valence-electron chi connectivity index (χ4n) is 4.56. The highest BCUT2D eigenvalue weighted by atomic mass is 16.5. The molecular formula is C26H30N2O6. The number of fused-ring (bicyclic) bond motifs is 1. The molecule has 8 heteroatoms. The van der Waals surface area contributed by atoms with Gasteiger partial charge in [0.1, 0.15) is 18.0 Å². The van der Waals surface area contributed by atoms with E-state index in [1.807, 2.05) is 38.1 Å². The van der Waals surface area contributed by atoms with Crippen molar-refractivity contribution in [3.63, 3.8) is 0 Å². The first-order chi connectivity index (χ1) is 16.3. The Morgan fingerprint density at radius 1 is 1.09 bits per heavy atom. The lowest BCUT2D eigenvalue weighted by Crippen LogP contribution is -2.52. The van der Waals surface area contributed by atoms with Crippen LogP contribution in [-0.2, 0) is 16.1 Å². The van der Waals surface area contributed by atoms with E-state index < -0.39 is 30.0 Å². The van der Waals surface area contributed by atoms with Crippen LogP contribution < -0.4 is 4.74 Å². The fraction of sp³-hybridized carbons (Fsp3) is 0.423. The van der Waals surface area contributed by atoms with E-state index in [4.69, 9.17) is 9.47 Å². The normalized spacial score (nSPS) is 20.7. The molecule has 0 aromatic heterocycles. The largest absolute Gasteiger partial charge is 0.497 e. The van der Waals surface area contributed by atoms with E-state index in [9.17, 15) is 19.5 Å². The fourth-order valence-corrected chi connectivity index (χ4v) is 4.56. The molecule has 2 aliphatic heterocycles. The van der Waals surface area contributed by atoms with Crippen molar-refractivity contribution in [2.24, 2.45) is 5.92 Å². The Balaban J connectivity index is 1.48. The van der Waals surface area contributed by atoms with Crippen molar-refractivity contribution in [2.45, 2.75) is 51.7 Å². The summed E-state index contributed by atoms with van der Waals surface area (Å²) in [6.07, 6.45) is -0.852. The molecule has 2 heterocycles. The van der Waals surface area contributed by atoms with Crippen LogP contribution in [0.2, 0.25) is 0 Å². The van der Waals surface area contributed by atoms with Crippen molar-refractivity contribution in [1.82, 2.24) is 9.80 Å². The van der Waals surface area contributed by atoms with E-state index in [2.05, 4.69) is 0 Å². The second-order valence-corrected chi connectivity index (χ2v) is 9.16. The number of aliphatic hydroxyl groups is 1. The number of hydrogen-bond acceptors (Lipinski definition) is 6. The maximum Gasteiger partial charge on any atom is 0.262 e. The monoisotopic (exact) mass is 466 g/mol. The first-order valence-electron chi connectivity index (χ1n) is 11.5. The van der Waals surface area contributed by atoms with Crippen molar-refractivity contribution >= 4 is 17.7 Å². The van der Waals surface area contributed by atoms with Gasteiger partial charge in [-0.1, -0.05) is 38.1 Å². The van der Waals surface area contributed by atoms with Gasteiger partial charge in [0.15, 0.2) is 0 Å². The number of hydrogen-bond donors (Lipinski definition) is 1. The predicted octanol–water partition coefficient (Wildman–Crippen LogP) is 2.84. The highest BCUT2D eigenvalue weighted by molar-refractivity contribution is 6.22. The van der Waals surface area contributed by atoms with Gasteiger partial charge in [-0.3, -0.25) is 19.3 Å². The third-order valence-corrected chi connectivity index (χ3v) is 6.25. The Labute approximate surface area is 199 Å². The summed E-state index contributed by atoms with van der Waals surface area (Å²) in [7, 11) is 1.60. The van der Waals surface area contributed by atoms with E-state index in [1.54, 1.807) is 31.4 Å². The van der Waals surface area contributed by atoms with Crippen molar-refractivity contribution in [3.8, 4) is 5.75 Å². The SMILES string of the molecule is COc1cccc(COC2CC(O)N(C(=O)[C@H](CC(C)C)N3C(=O)c4ccccc4C3=O)C2)c1. The summed E-state index contributed by atoms with van der Waals surface area (Å²) >= 11 is 0. The second-order valence-electron chi connectivity index (χ2n) is 9.16. The van der Waals surface area contributed by atoms with Gasteiger partial charge in [-0.15, -0.1) is 0 Å². The third kappa shape index (κ3) is 4.69. The number of rotatable bonds is 8. The van der Waals surface area contributed by atoms with Crippen LogP contribution in [0.4, 0.5) is 0 Å². The zero-order chi connectivity index (χ0) is 24.4. The lowest BCUT2D eigenvalue weighted by atomic mass is 10.0. The molecule has 1 N–H and O–H groups in total. The summed E-state index contributed by atoms with van der Waals surface area (Å²) in [6, 6.07) is 13.1. The van der Waals surface area contributed by atoms with Gasteiger partial charge in [0.25, 0.3) is 11.8 Å². The van der Waals surface area contributed by atoms with Gasteiger partial charge >= 0.3 is 0 Å². The van der Waals surface area contributed by atoms with Gasteiger partial charge in [0.05, 0.1) is 30.9 Å². The quantitative estimate of drug-likeness (QED) is 0.601. The molecule has 2 aromatic rings. The minimum absolute atomic E-state index is 0.0538. The Hall–Kier alpha value is -3.23. The van der Waals surface area contributed by atoms with Gasteiger partial charge in [-0.2, -0.15) is 0 Å². The molecule has 180 valence electrons.